The summed E-state index contributed by atoms with van der Waals surface area (Å²) in [5, 5.41) is 12.1. The van der Waals surface area contributed by atoms with Crippen LogP contribution in [0.25, 0.3) is 5.52 Å². The van der Waals surface area contributed by atoms with E-state index in [9.17, 15) is 4.79 Å². The van der Waals surface area contributed by atoms with E-state index in [1.807, 2.05) is 24.4 Å². The van der Waals surface area contributed by atoms with E-state index in [0.29, 0.717) is 12.0 Å². The highest BCUT2D eigenvalue weighted by molar-refractivity contribution is 5.95. The summed E-state index contributed by atoms with van der Waals surface area (Å²) in [7, 11) is 0. The predicted octanol–water partition coefficient (Wildman–Crippen LogP) is 1.62. The van der Waals surface area contributed by atoms with E-state index in [2.05, 4.69) is 10.3 Å². The number of hydrogen-bond donors (Lipinski definition) is 2. The largest absolute Gasteiger partial charge is 0.396 e. The number of aliphatic hydroxyl groups is 1. The van der Waals surface area contributed by atoms with Crippen LogP contribution in [0.2, 0.25) is 0 Å². The van der Waals surface area contributed by atoms with Crippen LogP contribution in [0, 0.1) is 0 Å². The van der Waals surface area contributed by atoms with Gasteiger partial charge in [0.05, 0.1) is 18.0 Å². The smallest absolute Gasteiger partial charge is 0.251 e. The fraction of sp³-hybridized carbons (Fsp3) is 0.429. The highest BCUT2D eigenvalue weighted by Gasteiger charge is 2.24. The summed E-state index contributed by atoms with van der Waals surface area (Å²) in [5.41, 5.74) is 1.11. The maximum absolute atomic E-state index is 12.2. The molecule has 2 rings (SSSR count). The molecule has 1 amide bonds. The van der Waals surface area contributed by atoms with E-state index >= 15 is 0 Å². The number of aromatic nitrogens is 2. The lowest BCUT2D eigenvalue weighted by Crippen LogP contribution is -2.46. The highest BCUT2D eigenvalue weighted by Crippen LogP contribution is 2.15. The second-order valence-corrected chi connectivity index (χ2v) is 4.98. The first-order valence-corrected chi connectivity index (χ1v) is 6.43. The van der Waals surface area contributed by atoms with Gasteiger partial charge in [-0.25, -0.2) is 4.98 Å². The quantitative estimate of drug-likeness (QED) is 0.859. The topological polar surface area (TPSA) is 66.6 Å². The summed E-state index contributed by atoms with van der Waals surface area (Å²) in [5.74, 6) is -0.124. The lowest BCUT2D eigenvalue weighted by atomic mass is 9.94. The van der Waals surface area contributed by atoms with Crippen molar-refractivity contribution >= 4 is 11.4 Å². The van der Waals surface area contributed by atoms with Gasteiger partial charge in [0.25, 0.3) is 5.91 Å². The molecular formula is C14H19N3O2. The molecule has 0 aliphatic heterocycles. The van der Waals surface area contributed by atoms with Gasteiger partial charge in [0.15, 0.2) is 0 Å². The molecule has 5 heteroatoms. The van der Waals surface area contributed by atoms with Crippen molar-refractivity contribution in [3.05, 3.63) is 36.4 Å². The van der Waals surface area contributed by atoms with Crippen molar-refractivity contribution in [1.82, 2.24) is 14.7 Å². The van der Waals surface area contributed by atoms with Crippen LogP contribution in [0.3, 0.4) is 0 Å². The molecule has 0 radical (unpaired) electrons. The van der Waals surface area contributed by atoms with E-state index in [4.69, 9.17) is 5.11 Å². The van der Waals surface area contributed by atoms with Crippen molar-refractivity contribution in [2.75, 3.05) is 6.61 Å². The van der Waals surface area contributed by atoms with Crippen LogP contribution in [0.5, 0.6) is 0 Å². The number of nitrogens with one attached hydrogen (secondary N) is 1. The third-order valence-corrected chi connectivity index (χ3v) is 3.54. The second kappa shape index (κ2) is 5.40. The summed E-state index contributed by atoms with van der Waals surface area (Å²) in [6, 6.07) is 3.57. The zero-order valence-corrected chi connectivity index (χ0v) is 11.3. The molecule has 0 saturated heterocycles. The van der Waals surface area contributed by atoms with E-state index in [-0.39, 0.29) is 18.1 Å². The number of hydrogen-bond acceptors (Lipinski definition) is 3. The molecule has 0 aliphatic rings. The molecule has 5 nitrogen and oxygen atoms in total. The van der Waals surface area contributed by atoms with Crippen molar-refractivity contribution < 1.29 is 9.90 Å². The summed E-state index contributed by atoms with van der Waals surface area (Å²) >= 11 is 0. The summed E-state index contributed by atoms with van der Waals surface area (Å²) in [6.07, 6.45) is 6.54. The number of carbonyl (C=O) groups excluding carboxylic acids is 1. The van der Waals surface area contributed by atoms with E-state index < -0.39 is 0 Å². The van der Waals surface area contributed by atoms with Crippen molar-refractivity contribution in [2.24, 2.45) is 0 Å². The van der Waals surface area contributed by atoms with Gasteiger partial charge in [-0.15, -0.1) is 0 Å². The lowest BCUT2D eigenvalue weighted by molar-refractivity contribution is 0.0886. The van der Waals surface area contributed by atoms with Crippen molar-refractivity contribution in [2.45, 2.75) is 32.2 Å². The Bertz CT molecular complexity index is 579. The predicted molar refractivity (Wildman–Crippen MR) is 73.1 cm³/mol. The monoisotopic (exact) mass is 261 g/mol. The Kier molecular flexibility index (Phi) is 3.85. The van der Waals surface area contributed by atoms with Gasteiger partial charge in [-0.2, -0.15) is 0 Å². The molecule has 102 valence electrons. The number of nitrogens with zero attached hydrogens (tertiary/aromatic N) is 2. The molecule has 1 unspecified atom stereocenters. The fourth-order valence-electron chi connectivity index (χ4n) is 1.98. The van der Waals surface area contributed by atoms with Crippen LogP contribution in [0.4, 0.5) is 0 Å². The van der Waals surface area contributed by atoms with Crippen molar-refractivity contribution in [3.63, 3.8) is 0 Å². The molecule has 0 aromatic carbocycles. The van der Waals surface area contributed by atoms with Crippen LogP contribution >= 0.6 is 0 Å². The maximum atomic E-state index is 12.2. The summed E-state index contributed by atoms with van der Waals surface area (Å²) < 4.78 is 1.85. The van der Waals surface area contributed by atoms with Gasteiger partial charge in [0.1, 0.15) is 0 Å². The number of aliphatic hydroxyl groups excluding tert-OH is 1. The molecule has 0 bridgehead atoms. The molecule has 0 saturated carbocycles. The van der Waals surface area contributed by atoms with Gasteiger partial charge >= 0.3 is 0 Å². The van der Waals surface area contributed by atoms with Crippen LogP contribution < -0.4 is 5.32 Å². The molecule has 1 atom stereocenters. The molecular weight excluding hydrogens is 242 g/mol. The van der Waals surface area contributed by atoms with Crippen LogP contribution in [0.1, 0.15) is 37.0 Å². The second-order valence-electron chi connectivity index (χ2n) is 4.98. The van der Waals surface area contributed by atoms with Crippen molar-refractivity contribution in [1.29, 1.82) is 0 Å². The Balaban J connectivity index is 2.18. The number of carbonyl (C=O) groups is 1. The molecule has 2 aromatic rings. The minimum atomic E-state index is -0.377. The SMILES string of the molecule is CCC(C)(CCO)NC(=O)c1ccn2cncc2c1. The molecule has 19 heavy (non-hydrogen) atoms. The molecule has 2 N–H and O–H groups in total. The minimum Gasteiger partial charge on any atom is -0.396 e. The number of fused-ring (bicyclic) bond motifs is 1. The highest BCUT2D eigenvalue weighted by atomic mass is 16.3. The van der Waals surface area contributed by atoms with Crippen LogP contribution in [-0.2, 0) is 0 Å². The first kappa shape index (κ1) is 13.5. The third kappa shape index (κ3) is 2.93. The zero-order valence-electron chi connectivity index (χ0n) is 11.3. The van der Waals surface area contributed by atoms with E-state index in [0.717, 1.165) is 11.9 Å². The number of pyridine rings is 1. The Morgan fingerprint density at radius 2 is 2.37 bits per heavy atom. The number of imidazole rings is 1. The van der Waals surface area contributed by atoms with E-state index in [1.54, 1.807) is 24.7 Å². The summed E-state index contributed by atoms with van der Waals surface area (Å²) in [4.78, 5) is 16.3. The average molecular weight is 261 g/mol. The Hall–Kier alpha value is -1.88. The first-order chi connectivity index (χ1) is 9.08. The fourth-order valence-corrected chi connectivity index (χ4v) is 1.98. The molecule has 2 heterocycles. The third-order valence-electron chi connectivity index (χ3n) is 3.54. The molecule has 0 spiro atoms. The Morgan fingerprint density at radius 1 is 1.58 bits per heavy atom. The van der Waals surface area contributed by atoms with Gasteiger partial charge in [0, 0.05) is 23.9 Å². The number of rotatable bonds is 5. The normalized spacial score (nSPS) is 14.3. The lowest BCUT2D eigenvalue weighted by Gasteiger charge is -2.29. The number of amides is 1. The van der Waals surface area contributed by atoms with Gasteiger partial charge in [-0.05, 0) is 31.9 Å². The molecule has 0 fully saturated rings. The van der Waals surface area contributed by atoms with Gasteiger partial charge < -0.3 is 14.8 Å². The Labute approximate surface area is 112 Å². The first-order valence-electron chi connectivity index (χ1n) is 6.43. The van der Waals surface area contributed by atoms with E-state index in [1.165, 1.54) is 0 Å². The average Bonchev–Trinajstić information content (AvgIpc) is 2.86. The van der Waals surface area contributed by atoms with Gasteiger partial charge in [0.2, 0.25) is 0 Å². The van der Waals surface area contributed by atoms with Gasteiger partial charge in [-0.3, -0.25) is 4.79 Å². The minimum absolute atomic E-state index is 0.0618. The maximum Gasteiger partial charge on any atom is 0.251 e. The Morgan fingerprint density at radius 3 is 3.05 bits per heavy atom. The zero-order chi connectivity index (χ0) is 13.9. The molecule has 0 aliphatic carbocycles. The molecule has 2 aromatic heterocycles. The standard InChI is InChI=1S/C14H19N3O2/c1-3-14(2,5-7-18)16-13(19)11-4-6-17-10-15-9-12(17)8-11/h4,6,8-10,18H,3,5,7H2,1-2H3,(H,16,19). The van der Waals surface area contributed by atoms with Gasteiger partial charge in [-0.1, -0.05) is 6.92 Å². The van der Waals surface area contributed by atoms with Crippen LogP contribution in [-0.4, -0.2) is 32.5 Å². The van der Waals surface area contributed by atoms with Crippen LogP contribution in [0.15, 0.2) is 30.9 Å². The summed E-state index contributed by atoms with van der Waals surface area (Å²) in [6.45, 7) is 4.00. The van der Waals surface area contributed by atoms with Crippen molar-refractivity contribution in [3.8, 4) is 0 Å².